The van der Waals surface area contributed by atoms with Gasteiger partial charge in [-0.25, -0.2) is 0 Å². The van der Waals surface area contributed by atoms with Gasteiger partial charge >= 0.3 is 0 Å². The molecule has 7 heteroatoms. The van der Waals surface area contributed by atoms with Crippen molar-refractivity contribution in [2.24, 2.45) is 5.92 Å². The van der Waals surface area contributed by atoms with E-state index < -0.39 is 0 Å². The molecule has 178 valence electrons. The van der Waals surface area contributed by atoms with Gasteiger partial charge in [0, 0.05) is 17.1 Å². The summed E-state index contributed by atoms with van der Waals surface area (Å²) >= 11 is 1.53. The highest BCUT2D eigenvalue weighted by Gasteiger charge is 2.28. The van der Waals surface area contributed by atoms with Gasteiger partial charge in [0.2, 0.25) is 5.91 Å². The summed E-state index contributed by atoms with van der Waals surface area (Å²) < 4.78 is 5.48. The summed E-state index contributed by atoms with van der Waals surface area (Å²) in [6, 6.07) is 17.3. The summed E-state index contributed by atoms with van der Waals surface area (Å²) in [6.45, 7) is 5.54. The van der Waals surface area contributed by atoms with Crippen molar-refractivity contribution >= 4 is 33.8 Å². The molecule has 6 nitrogen and oxygen atoms in total. The Labute approximate surface area is 204 Å². The van der Waals surface area contributed by atoms with Gasteiger partial charge < -0.3 is 20.7 Å². The zero-order valence-corrected chi connectivity index (χ0v) is 20.5. The Balaban J connectivity index is 1.47. The Kier molecular flexibility index (Phi) is 7.98. The molecule has 0 saturated heterocycles. The van der Waals surface area contributed by atoms with Gasteiger partial charge in [-0.1, -0.05) is 37.3 Å². The molecule has 2 amide bonds. The summed E-state index contributed by atoms with van der Waals surface area (Å²) in [6.07, 6.45) is 2.83. The van der Waals surface area contributed by atoms with E-state index in [-0.39, 0.29) is 18.4 Å². The van der Waals surface area contributed by atoms with E-state index in [1.165, 1.54) is 16.2 Å². The minimum absolute atomic E-state index is 0.155. The molecule has 34 heavy (non-hydrogen) atoms. The molecule has 1 aliphatic rings. The molecule has 0 aliphatic heterocycles. The largest absolute Gasteiger partial charge is 0.494 e. The van der Waals surface area contributed by atoms with Crippen LogP contribution in [0.4, 0.5) is 10.7 Å². The third-order valence-corrected chi connectivity index (χ3v) is 7.04. The molecule has 1 atom stereocenters. The zero-order valence-electron chi connectivity index (χ0n) is 19.6. The number of carbonyl (C=O) groups excluding carboxylic acids is 2. The van der Waals surface area contributed by atoms with Crippen LogP contribution in [-0.4, -0.2) is 25.0 Å². The van der Waals surface area contributed by atoms with Crippen LogP contribution in [0.25, 0.3) is 0 Å². The maximum absolute atomic E-state index is 13.3. The number of hydrogen-bond acceptors (Lipinski definition) is 5. The summed E-state index contributed by atoms with van der Waals surface area (Å²) in [5.41, 5.74) is 3.47. The smallest absolute Gasteiger partial charge is 0.258 e. The maximum Gasteiger partial charge on any atom is 0.258 e. The fourth-order valence-electron chi connectivity index (χ4n) is 4.16. The molecule has 0 radical (unpaired) electrons. The van der Waals surface area contributed by atoms with E-state index >= 15 is 0 Å². The summed E-state index contributed by atoms with van der Waals surface area (Å²) in [4.78, 5) is 27.2. The fraction of sp³-hybridized carbons (Fsp3) is 0.333. The van der Waals surface area contributed by atoms with Crippen molar-refractivity contribution in [3.8, 4) is 5.75 Å². The topological polar surface area (TPSA) is 79.5 Å². The van der Waals surface area contributed by atoms with Crippen LogP contribution >= 0.6 is 11.3 Å². The third-order valence-electron chi connectivity index (χ3n) is 5.87. The molecule has 1 aliphatic carbocycles. The normalized spacial score (nSPS) is 14.8. The first-order valence-corrected chi connectivity index (χ1v) is 12.6. The number of fused-ring (bicyclic) bond motifs is 1. The standard InChI is InChI=1S/C27H31N3O3S/c1-3-33-21-12-10-20(11-13-21)29-26(32)25-22-14-9-18(2)15-23(22)34-27(25)30-24(31)17-28-16-19-7-5-4-6-8-19/h4-8,10-13,18,28H,3,9,14-17H2,1-2H3,(H,29,32)(H,30,31). The van der Waals surface area contributed by atoms with E-state index in [0.717, 1.165) is 36.1 Å². The monoisotopic (exact) mass is 477 g/mol. The SMILES string of the molecule is CCOc1ccc(NC(=O)c2c(NC(=O)CNCc3ccccc3)sc3c2CCC(C)C3)cc1. The lowest BCUT2D eigenvalue weighted by Gasteiger charge is -2.18. The lowest BCUT2D eigenvalue weighted by molar-refractivity contribution is -0.115. The summed E-state index contributed by atoms with van der Waals surface area (Å²) in [5.74, 6) is 0.990. The van der Waals surface area contributed by atoms with Crippen molar-refractivity contribution < 1.29 is 14.3 Å². The van der Waals surface area contributed by atoms with Gasteiger partial charge in [-0.2, -0.15) is 0 Å². The van der Waals surface area contributed by atoms with Crippen molar-refractivity contribution in [1.29, 1.82) is 0 Å². The molecule has 3 aromatic rings. The Bertz CT molecular complexity index is 1130. The Morgan fingerprint density at radius 1 is 1.06 bits per heavy atom. The Morgan fingerprint density at radius 3 is 2.56 bits per heavy atom. The van der Waals surface area contributed by atoms with E-state index in [9.17, 15) is 9.59 Å². The molecule has 1 unspecified atom stereocenters. The van der Waals surface area contributed by atoms with Crippen molar-refractivity contribution in [3.63, 3.8) is 0 Å². The molecule has 0 saturated carbocycles. The van der Waals surface area contributed by atoms with Gasteiger partial charge in [0.05, 0.1) is 18.7 Å². The number of ether oxygens (including phenoxy) is 1. The summed E-state index contributed by atoms with van der Waals surface area (Å²) in [5, 5.41) is 9.80. The van der Waals surface area contributed by atoms with E-state index in [1.807, 2.05) is 61.5 Å². The quantitative estimate of drug-likeness (QED) is 0.393. The van der Waals surface area contributed by atoms with E-state index in [2.05, 4.69) is 22.9 Å². The number of nitrogens with one attached hydrogen (secondary N) is 3. The minimum Gasteiger partial charge on any atom is -0.494 e. The molecule has 1 aromatic heterocycles. The number of thiophene rings is 1. The molecule has 4 rings (SSSR count). The number of carbonyl (C=O) groups is 2. The summed E-state index contributed by atoms with van der Waals surface area (Å²) in [7, 11) is 0. The van der Waals surface area contributed by atoms with Crippen LogP contribution in [-0.2, 0) is 24.2 Å². The number of benzene rings is 2. The van der Waals surface area contributed by atoms with Gasteiger partial charge in [0.25, 0.3) is 5.91 Å². The van der Waals surface area contributed by atoms with E-state index in [0.29, 0.717) is 35.3 Å². The number of rotatable bonds is 9. The highest BCUT2D eigenvalue weighted by atomic mass is 32.1. The molecular weight excluding hydrogens is 446 g/mol. The highest BCUT2D eigenvalue weighted by molar-refractivity contribution is 7.17. The average Bonchev–Trinajstić information content (AvgIpc) is 3.18. The first-order valence-electron chi connectivity index (χ1n) is 11.8. The highest BCUT2D eigenvalue weighted by Crippen LogP contribution is 2.40. The maximum atomic E-state index is 13.3. The second-order valence-corrected chi connectivity index (χ2v) is 9.71. The van der Waals surface area contributed by atoms with Crippen molar-refractivity contribution in [2.45, 2.75) is 39.7 Å². The van der Waals surface area contributed by atoms with Gasteiger partial charge in [-0.05, 0) is 67.5 Å². The minimum atomic E-state index is -0.191. The Morgan fingerprint density at radius 2 is 1.82 bits per heavy atom. The third kappa shape index (κ3) is 6.04. The molecule has 3 N–H and O–H groups in total. The Hall–Kier alpha value is -3.16. The van der Waals surface area contributed by atoms with Gasteiger partial charge in [-0.15, -0.1) is 11.3 Å². The number of amides is 2. The molecule has 0 fully saturated rings. The first kappa shape index (κ1) is 24.0. The lowest BCUT2D eigenvalue weighted by atomic mass is 9.88. The molecule has 2 aromatic carbocycles. The molecule has 1 heterocycles. The molecular formula is C27H31N3O3S. The van der Waals surface area contributed by atoms with Crippen molar-refractivity contribution in [1.82, 2.24) is 5.32 Å². The van der Waals surface area contributed by atoms with Crippen molar-refractivity contribution in [2.75, 3.05) is 23.8 Å². The van der Waals surface area contributed by atoms with Crippen LogP contribution in [0.1, 0.15) is 46.6 Å². The van der Waals surface area contributed by atoms with E-state index in [4.69, 9.17) is 4.74 Å². The molecule has 0 spiro atoms. The van der Waals surface area contributed by atoms with Gasteiger partial charge in [0.1, 0.15) is 10.8 Å². The van der Waals surface area contributed by atoms with Crippen LogP contribution in [0.5, 0.6) is 5.75 Å². The number of hydrogen-bond donors (Lipinski definition) is 3. The predicted octanol–water partition coefficient (Wildman–Crippen LogP) is 5.25. The van der Waals surface area contributed by atoms with Crippen molar-refractivity contribution in [3.05, 3.63) is 76.2 Å². The van der Waals surface area contributed by atoms with Gasteiger partial charge in [-0.3, -0.25) is 9.59 Å². The first-order chi connectivity index (χ1) is 16.5. The van der Waals surface area contributed by atoms with Crippen LogP contribution in [0.2, 0.25) is 0 Å². The second kappa shape index (κ2) is 11.3. The van der Waals surface area contributed by atoms with Crippen LogP contribution < -0.4 is 20.7 Å². The lowest BCUT2D eigenvalue weighted by Crippen LogP contribution is -2.28. The van der Waals surface area contributed by atoms with Gasteiger partial charge in [0.15, 0.2) is 0 Å². The number of anilines is 2. The molecule has 0 bridgehead atoms. The predicted molar refractivity (Wildman–Crippen MR) is 138 cm³/mol. The average molecular weight is 478 g/mol. The zero-order chi connectivity index (χ0) is 23.9. The van der Waals surface area contributed by atoms with Crippen LogP contribution in [0.3, 0.4) is 0 Å². The van der Waals surface area contributed by atoms with Crippen LogP contribution in [0.15, 0.2) is 54.6 Å². The fourth-order valence-corrected chi connectivity index (χ4v) is 5.59. The van der Waals surface area contributed by atoms with E-state index in [1.54, 1.807) is 0 Å². The second-order valence-electron chi connectivity index (χ2n) is 8.60. The van der Waals surface area contributed by atoms with Crippen LogP contribution in [0, 0.1) is 5.92 Å².